The van der Waals surface area contributed by atoms with E-state index in [-0.39, 0.29) is 16.5 Å². The molecular formula is C23H35N5O5S. The van der Waals surface area contributed by atoms with Crippen molar-refractivity contribution in [2.45, 2.75) is 43.9 Å². The topological polar surface area (TPSA) is 107 Å². The van der Waals surface area contributed by atoms with Crippen molar-refractivity contribution >= 4 is 27.3 Å². The van der Waals surface area contributed by atoms with Crippen LogP contribution in [-0.2, 0) is 14.8 Å². The van der Waals surface area contributed by atoms with Crippen LogP contribution in [0.25, 0.3) is 0 Å². The van der Waals surface area contributed by atoms with Crippen LogP contribution in [0.4, 0.5) is 11.4 Å². The Morgan fingerprint density at radius 1 is 1.00 bits per heavy atom. The van der Waals surface area contributed by atoms with E-state index in [9.17, 15) is 23.3 Å². The van der Waals surface area contributed by atoms with Gasteiger partial charge in [-0.1, -0.05) is 6.92 Å². The van der Waals surface area contributed by atoms with Crippen molar-refractivity contribution in [1.29, 1.82) is 0 Å². The number of carbonyl (C=O) groups excluding carboxylic acids is 1. The number of anilines is 1. The molecule has 3 heterocycles. The van der Waals surface area contributed by atoms with Crippen molar-refractivity contribution in [2.75, 3.05) is 63.8 Å². The van der Waals surface area contributed by atoms with Crippen LogP contribution < -0.4 is 4.90 Å². The van der Waals surface area contributed by atoms with Crippen molar-refractivity contribution in [3.63, 3.8) is 0 Å². The Labute approximate surface area is 201 Å². The predicted molar refractivity (Wildman–Crippen MR) is 129 cm³/mol. The molecule has 188 valence electrons. The van der Waals surface area contributed by atoms with Gasteiger partial charge in [-0.15, -0.1) is 0 Å². The third kappa shape index (κ3) is 5.52. The lowest BCUT2D eigenvalue weighted by Gasteiger charge is -2.37. The summed E-state index contributed by atoms with van der Waals surface area (Å²) in [4.78, 5) is 29.8. The van der Waals surface area contributed by atoms with Gasteiger partial charge in [-0.05, 0) is 50.2 Å². The maximum absolute atomic E-state index is 13.1. The molecule has 0 aliphatic carbocycles. The van der Waals surface area contributed by atoms with Gasteiger partial charge < -0.3 is 9.80 Å². The van der Waals surface area contributed by atoms with Gasteiger partial charge in [0, 0.05) is 58.4 Å². The Morgan fingerprint density at radius 2 is 1.65 bits per heavy atom. The highest BCUT2D eigenvalue weighted by Crippen LogP contribution is 2.33. The summed E-state index contributed by atoms with van der Waals surface area (Å²) in [6.07, 6.45) is 4.89. The molecule has 34 heavy (non-hydrogen) atoms. The first-order chi connectivity index (χ1) is 16.3. The van der Waals surface area contributed by atoms with E-state index in [1.54, 1.807) is 6.07 Å². The molecule has 3 aliphatic heterocycles. The minimum atomic E-state index is -3.76. The van der Waals surface area contributed by atoms with Crippen molar-refractivity contribution in [3.8, 4) is 0 Å². The Morgan fingerprint density at radius 3 is 2.26 bits per heavy atom. The number of piperazine rings is 1. The number of piperidine rings is 2. The molecule has 11 heteroatoms. The number of benzene rings is 1. The lowest BCUT2D eigenvalue weighted by atomic mass is 10.0. The fourth-order valence-electron chi connectivity index (χ4n) is 5.03. The van der Waals surface area contributed by atoms with Crippen LogP contribution >= 0.6 is 0 Å². The molecule has 1 aromatic carbocycles. The van der Waals surface area contributed by atoms with E-state index < -0.39 is 14.9 Å². The second-order valence-electron chi connectivity index (χ2n) is 9.70. The van der Waals surface area contributed by atoms with Crippen LogP contribution in [0.15, 0.2) is 23.1 Å². The first-order valence-corrected chi connectivity index (χ1v) is 13.7. The summed E-state index contributed by atoms with van der Waals surface area (Å²) in [6.45, 7) is 7.37. The average molecular weight is 494 g/mol. The molecular weight excluding hydrogens is 458 g/mol. The van der Waals surface area contributed by atoms with E-state index in [0.717, 1.165) is 38.8 Å². The summed E-state index contributed by atoms with van der Waals surface area (Å²) < 4.78 is 27.6. The molecule has 10 nitrogen and oxygen atoms in total. The molecule has 0 unspecified atom stereocenters. The molecule has 0 atom stereocenters. The van der Waals surface area contributed by atoms with Crippen LogP contribution in [0.3, 0.4) is 0 Å². The highest BCUT2D eigenvalue weighted by molar-refractivity contribution is 7.89. The molecule has 1 amide bonds. The van der Waals surface area contributed by atoms with Crippen LogP contribution in [0.2, 0.25) is 0 Å². The largest absolute Gasteiger partial charge is 0.363 e. The Balaban J connectivity index is 1.42. The van der Waals surface area contributed by atoms with Gasteiger partial charge in [0.1, 0.15) is 5.69 Å². The number of rotatable bonds is 6. The number of nitrogens with zero attached hydrogens (tertiary/aromatic N) is 5. The SMILES string of the molecule is CC1CCN(S(=O)(=O)c2ccc(N3CCN(CC(=O)N4CCCCC4)CC3)c([N+](=O)[O-])c2)CC1. The monoisotopic (exact) mass is 493 g/mol. The molecule has 3 aliphatic rings. The molecule has 3 fully saturated rings. The number of sulfonamides is 1. The van der Waals surface area contributed by atoms with Crippen molar-refractivity contribution in [1.82, 2.24) is 14.1 Å². The van der Waals surface area contributed by atoms with E-state index in [2.05, 4.69) is 11.8 Å². The minimum Gasteiger partial charge on any atom is -0.363 e. The molecule has 0 radical (unpaired) electrons. The molecule has 0 N–H and O–H groups in total. The minimum absolute atomic E-state index is 0.0248. The quantitative estimate of drug-likeness (QED) is 0.441. The molecule has 0 spiro atoms. The number of nitro groups is 1. The summed E-state index contributed by atoms with van der Waals surface area (Å²) in [6, 6.07) is 4.25. The molecule has 0 bridgehead atoms. The molecule has 3 saturated heterocycles. The zero-order valence-electron chi connectivity index (χ0n) is 19.9. The molecule has 0 saturated carbocycles. The van der Waals surface area contributed by atoms with E-state index >= 15 is 0 Å². The molecule has 1 aromatic rings. The summed E-state index contributed by atoms with van der Waals surface area (Å²) in [5.41, 5.74) is 0.238. The van der Waals surface area contributed by atoms with Crippen molar-refractivity contribution in [3.05, 3.63) is 28.3 Å². The number of hydrogen-bond donors (Lipinski definition) is 0. The van der Waals surface area contributed by atoms with Crippen molar-refractivity contribution in [2.24, 2.45) is 5.92 Å². The van der Waals surface area contributed by atoms with Gasteiger partial charge in [-0.3, -0.25) is 19.8 Å². The summed E-state index contributed by atoms with van der Waals surface area (Å²) >= 11 is 0. The third-order valence-electron chi connectivity index (χ3n) is 7.30. The normalized spacial score (nSPS) is 21.6. The Kier molecular flexibility index (Phi) is 7.73. The lowest BCUT2D eigenvalue weighted by molar-refractivity contribution is -0.384. The zero-order valence-corrected chi connectivity index (χ0v) is 20.7. The maximum atomic E-state index is 13.1. The van der Waals surface area contributed by atoms with Crippen LogP contribution in [0.1, 0.15) is 39.0 Å². The first-order valence-electron chi connectivity index (χ1n) is 12.3. The first kappa shape index (κ1) is 24.9. The summed E-state index contributed by atoms with van der Waals surface area (Å²) in [5.74, 6) is 0.637. The number of carbonyl (C=O) groups is 1. The van der Waals surface area contributed by atoms with Gasteiger partial charge in [-0.2, -0.15) is 4.31 Å². The van der Waals surface area contributed by atoms with E-state index in [0.29, 0.717) is 57.4 Å². The molecule has 0 aromatic heterocycles. The summed E-state index contributed by atoms with van der Waals surface area (Å²) in [5, 5.41) is 11.9. The number of nitro benzene ring substituents is 1. The number of hydrogen-bond acceptors (Lipinski definition) is 7. The van der Waals surface area contributed by atoms with Gasteiger partial charge in [-0.25, -0.2) is 8.42 Å². The lowest BCUT2D eigenvalue weighted by Crippen LogP contribution is -2.50. The summed E-state index contributed by atoms with van der Waals surface area (Å²) in [7, 11) is -3.76. The second kappa shape index (κ2) is 10.6. The van der Waals surface area contributed by atoms with Crippen LogP contribution in [0, 0.1) is 16.0 Å². The fourth-order valence-corrected chi connectivity index (χ4v) is 6.52. The van der Waals surface area contributed by atoms with E-state index in [1.807, 2.05) is 9.80 Å². The van der Waals surface area contributed by atoms with E-state index in [1.165, 1.54) is 22.9 Å². The van der Waals surface area contributed by atoms with Gasteiger partial charge in [0.2, 0.25) is 15.9 Å². The number of likely N-dealkylation sites (tertiary alicyclic amines) is 1. The van der Waals surface area contributed by atoms with Gasteiger partial charge in [0.15, 0.2) is 0 Å². The number of amides is 1. The Hall–Kier alpha value is -2.24. The maximum Gasteiger partial charge on any atom is 0.293 e. The van der Waals surface area contributed by atoms with Gasteiger partial charge in [0.25, 0.3) is 5.69 Å². The zero-order chi connectivity index (χ0) is 24.3. The predicted octanol–water partition coefficient (Wildman–Crippen LogP) is 2.15. The highest BCUT2D eigenvalue weighted by Gasteiger charge is 2.32. The Bertz CT molecular complexity index is 995. The fraction of sp³-hybridized carbons (Fsp3) is 0.696. The van der Waals surface area contributed by atoms with Crippen LogP contribution in [0.5, 0.6) is 0 Å². The van der Waals surface area contributed by atoms with E-state index in [4.69, 9.17) is 0 Å². The average Bonchev–Trinajstić information content (AvgIpc) is 2.85. The van der Waals surface area contributed by atoms with Gasteiger partial charge >= 0.3 is 0 Å². The second-order valence-corrected chi connectivity index (χ2v) is 11.6. The molecule has 4 rings (SSSR count). The third-order valence-corrected chi connectivity index (χ3v) is 9.20. The smallest absolute Gasteiger partial charge is 0.293 e. The van der Waals surface area contributed by atoms with Crippen LogP contribution in [-0.4, -0.2) is 92.3 Å². The van der Waals surface area contributed by atoms with Crippen molar-refractivity contribution < 1.29 is 18.1 Å². The van der Waals surface area contributed by atoms with Gasteiger partial charge in [0.05, 0.1) is 16.4 Å². The standard InChI is InChI=1S/C23H35N5O5S/c1-19-7-11-27(12-8-19)34(32,33)20-5-6-21(22(17-20)28(30)31)25-15-13-24(14-16-25)18-23(29)26-9-3-2-4-10-26/h5-6,17,19H,2-4,7-16,18H2,1H3. The highest BCUT2D eigenvalue weighted by atomic mass is 32.2.